The van der Waals surface area contributed by atoms with Crippen molar-refractivity contribution in [3.8, 4) is 11.4 Å². The smallest absolute Gasteiger partial charge is 0.117 e. The van der Waals surface area contributed by atoms with Gasteiger partial charge in [-0.3, -0.25) is 0 Å². The van der Waals surface area contributed by atoms with Crippen LogP contribution in [0.5, 0.6) is 0 Å². The number of hydrogen-bond acceptors (Lipinski definition) is 0. The molecule has 66 heavy (non-hydrogen) atoms. The second-order valence-corrected chi connectivity index (χ2v) is 19.3. The summed E-state index contributed by atoms with van der Waals surface area (Å²) in [5.74, 6) is 0. The largest absolute Gasteiger partial charge is 0.312 e. The summed E-state index contributed by atoms with van der Waals surface area (Å²) in [6, 6.07) is 39.4. The average molecular weight is 818 g/mol. The lowest BCUT2D eigenvalue weighted by Crippen LogP contribution is -2.49. The summed E-state index contributed by atoms with van der Waals surface area (Å²) >= 11 is 0. The zero-order chi connectivity index (χ0) is 46.8. The van der Waals surface area contributed by atoms with Gasteiger partial charge in [-0.2, -0.15) is 0 Å². The molecule has 2 heterocycles. The van der Waals surface area contributed by atoms with E-state index in [-0.39, 0.29) is 109 Å². The molecule has 30 radical (unpaired) electrons. The molecule has 0 saturated carbocycles. The first-order chi connectivity index (χ1) is 31.6. The molecular weight excluding hydrogens is 799 g/mol. The molecule has 0 N–H and O–H groups in total. The van der Waals surface area contributed by atoms with Crippen molar-refractivity contribution in [1.29, 1.82) is 0 Å². The van der Waals surface area contributed by atoms with Crippen molar-refractivity contribution in [3.05, 3.63) is 115 Å². The van der Waals surface area contributed by atoms with E-state index in [1.807, 2.05) is 71.3 Å². The Balaban J connectivity index is 1.39. The Kier molecular flexibility index (Phi) is 10.9. The van der Waals surface area contributed by atoms with Crippen LogP contribution in [0.3, 0.4) is 0 Å². The number of rotatable bonds is 6. The predicted molar refractivity (Wildman–Crippen MR) is 296 cm³/mol. The van der Waals surface area contributed by atoms with Gasteiger partial charge in [0.15, 0.2) is 0 Å². The normalized spacial score (nSPS) is 12.2. The number of nitrogens with zero attached hydrogens (tertiary/aromatic N) is 2. The van der Waals surface area contributed by atoms with Crippen molar-refractivity contribution in [3.63, 3.8) is 0 Å². The summed E-state index contributed by atoms with van der Waals surface area (Å²) in [6.07, 6.45) is 0. The number of hydrogen-bond donors (Lipinski definition) is 0. The highest BCUT2D eigenvalue weighted by atomic mass is 32.3. The number of benzene rings is 8. The molecule has 10 rings (SSSR count). The standard InChI is InChI=1S/C48H19B15N2S/c49-29-25-26-30(50)34(54)38(58)41(61)47(26)65(46(25)40(60)37(57)33(29)53)48-32(52)28-27-31(51)35(55)36(56)39(59)44(27)64(45(28)42(62)43(48)63)20-11-10-18-24(19-20)66(21-12-4-1-5-13-21,22-14-6-2-7-15-22)23-16-8-3-9-17-23/h1-19H. The summed E-state index contributed by atoms with van der Waals surface area (Å²) in [6.45, 7) is 0. The minimum atomic E-state index is -2.18. The van der Waals surface area contributed by atoms with Gasteiger partial charge in [0.2, 0.25) is 0 Å². The van der Waals surface area contributed by atoms with Crippen LogP contribution in [0.15, 0.2) is 135 Å². The zero-order valence-corrected chi connectivity index (χ0v) is 36.2. The second kappa shape index (κ2) is 16.2. The minimum absolute atomic E-state index is 0.00309. The van der Waals surface area contributed by atoms with Crippen LogP contribution in [0.1, 0.15) is 0 Å². The Morgan fingerprint density at radius 2 is 0.561 bits per heavy atom. The molecule has 8 aromatic carbocycles. The predicted octanol–water partition coefficient (Wildman–Crippen LogP) is -4.87. The number of aromatic nitrogens is 2. The Morgan fingerprint density at radius 3 is 0.939 bits per heavy atom. The molecule has 2 aromatic heterocycles. The molecule has 272 valence electrons. The Labute approximate surface area is 406 Å². The van der Waals surface area contributed by atoms with Gasteiger partial charge in [-0.25, -0.2) is 0 Å². The third-order valence-corrected chi connectivity index (χ3v) is 16.7. The first kappa shape index (κ1) is 44.5. The van der Waals surface area contributed by atoms with Gasteiger partial charge in [0.05, 0.1) is 0 Å². The Morgan fingerprint density at radius 1 is 0.258 bits per heavy atom. The molecule has 0 bridgehead atoms. The highest BCUT2D eigenvalue weighted by molar-refractivity contribution is 8.34. The van der Waals surface area contributed by atoms with Crippen LogP contribution >= 0.6 is 10.0 Å². The molecule has 0 aliphatic carbocycles. The van der Waals surface area contributed by atoms with E-state index in [1.165, 1.54) is 0 Å². The average Bonchev–Trinajstić information content (AvgIpc) is 3.89. The maximum atomic E-state index is 7.48. The highest BCUT2D eigenvalue weighted by Crippen LogP contribution is 2.73. The molecule has 10 aromatic rings. The third kappa shape index (κ3) is 5.98. The fraction of sp³-hybridized carbons (Fsp3) is 0. The summed E-state index contributed by atoms with van der Waals surface area (Å²) in [5, 5.41) is 1.25. The van der Waals surface area contributed by atoms with E-state index in [0.29, 0.717) is 27.5 Å². The van der Waals surface area contributed by atoms with Crippen LogP contribution in [-0.2, 0) is 0 Å². The van der Waals surface area contributed by atoms with Crippen molar-refractivity contribution in [2.45, 2.75) is 19.6 Å². The van der Waals surface area contributed by atoms with Crippen LogP contribution < -0.4 is 81.9 Å². The van der Waals surface area contributed by atoms with Crippen LogP contribution in [0.25, 0.3) is 55.0 Å². The lowest BCUT2D eigenvalue weighted by atomic mass is 9.63. The molecule has 0 spiro atoms. The molecule has 2 nitrogen and oxygen atoms in total. The van der Waals surface area contributed by atoms with Gasteiger partial charge >= 0.3 is 0 Å². The molecular formula is C48H19B15N2S. The Hall–Kier alpha value is -5.32. The van der Waals surface area contributed by atoms with Crippen molar-refractivity contribution in [1.82, 2.24) is 9.13 Å². The maximum absolute atomic E-state index is 7.48. The molecule has 0 saturated heterocycles. The topological polar surface area (TPSA) is 9.86 Å². The van der Waals surface area contributed by atoms with Gasteiger partial charge in [-0.05, 0) is 70.8 Å². The van der Waals surface area contributed by atoms with Crippen molar-refractivity contribution < 1.29 is 0 Å². The molecule has 0 atom stereocenters. The first-order valence-corrected chi connectivity index (χ1v) is 22.2. The monoisotopic (exact) mass is 820 g/mol. The quantitative estimate of drug-likeness (QED) is 0.149. The fourth-order valence-corrected chi connectivity index (χ4v) is 13.5. The molecule has 18 heteroatoms. The highest BCUT2D eigenvalue weighted by Gasteiger charge is 2.34. The van der Waals surface area contributed by atoms with Crippen LogP contribution in [-0.4, -0.2) is 127 Å². The van der Waals surface area contributed by atoms with E-state index < -0.39 is 10.0 Å². The van der Waals surface area contributed by atoms with Crippen molar-refractivity contribution in [2.24, 2.45) is 0 Å². The van der Waals surface area contributed by atoms with Gasteiger partial charge in [-0.1, -0.05) is 110 Å². The second-order valence-electron chi connectivity index (χ2n) is 16.2. The van der Waals surface area contributed by atoms with Crippen LogP contribution in [0, 0.1) is 0 Å². The van der Waals surface area contributed by atoms with E-state index >= 15 is 0 Å². The van der Waals surface area contributed by atoms with Gasteiger partial charge in [0.1, 0.15) is 118 Å². The fourth-order valence-electron chi connectivity index (χ4n) is 9.62. The van der Waals surface area contributed by atoms with Gasteiger partial charge < -0.3 is 9.13 Å². The van der Waals surface area contributed by atoms with Gasteiger partial charge in [0.25, 0.3) is 0 Å². The van der Waals surface area contributed by atoms with Crippen molar-refractivity contribution in [2.75, 3.05) is 0 Å². The van der Waals surface area contributed by atoms with Crippen molar-refractivity contribution >= 4 is 253 Å². The van der Waals surface area contributed by atoms with E-state index in [4.69, 9.17) is 118 Å². The van der Waals surface area contributed by atoms with Crippen LogP contribution in [0.4, 0.5) is 0 Å². The summed E-state index contributed by atoms with van der Waals surface area (Å²) in [7, 11) is 100. The third-order valence-electron chi connectivity index (χ3n) is 12.8. The molecule has 0 fully saturated rings. The summed E-state index contributed by atoms with van der Waals surface area (Å²) in [5.41, 5.74) is 2.53. The van der Waals surface area contributed by atoms with E-state index in [9.17, 15) is 0 Å². The van der Waals surface area contributed by atoms with Gasteiger partial charge in [0, 0.05) is 58.4 Å². The summed E-state index contributed by atoms with van der Waals surface area (Å²) < 4.78 is 3.45. The van der Waals surface area contributed by atoms with E-state index in [2.05, 4.69) is 48.5 Å². The molecule has 0 aliphatic rings. The molecule has 0 unspecified atom stereocenters. The Bertz CT molecular complexity index is 3530. The minimum Gasteiger partial charge on any atom is -0.312 e. The van der Waals surface area contributed by atoms with E-state index in [0.717, 1.165) is 19.6 Å². The molecule has 0 aliphatic heterocycles. The van der Waals surface area contributed by atoms with Crippen LogP contribution in [0.2, 0.25) is 0 Å². The lowest BCUT2D eigenvalue weighted by Gasteiger charge is -2.42. The summed E-state index contributed by atoms with van der Waals surface area (Å²) in [4.78, 5) is 4.31. The zero-order valence-electron chi connectivity index (χ0n) is 35.4. The van der Waals surface area contributed by atoms with E-state index in [1.54, 1.807) is 4.57 Å². The lowest BCUT2D eigenvalue weighted by molar-refractivity contribution is 1.16. The maximum Gasteiger partial charge on any atom is 0.117 e. The molecule has 0 amide bonds. The number of fused-ring (bicyclic) bond motifs is 6. The first-order valence-electron chi connectivity index (χ1n) is 20.5. The van der Waals surface area contributed by atoms with Gasteiger partial charge in [-0.15, -0.1) is 42.8 Å². The SMILES string of the molecule is [B]c1c([B])c([B])c2c(c1[B])c1c([B])c(-n3c4c([B])c([B])c([B])c([B])c4c4c([B])c([B])c([B])c([B])c43)c([B])c([B])c1n2-c1cccc(S(c2ccccc2)(c2ccccc2)c2ccccc2)c1.